The third-order valence-corrected chi connectivity index (χ3v) is 5.26. The number of ether oxygens (including phenoxy) is 2. The minimum Gasteiger partial charge on any atom is -0.497 e. The number of amides is 2. The van der Waals surface area contributed by atoms with E-state index >= 15 is 0 Å². The molecule has 0 saturated carbocycles. The van der Waals surface area contributed by atoms with Gasteiger partial charge < -0.3 is 24.6 Å². The molecule has 0 unspecified atom stereocenters. The molecule has 0 aliphatic carbocycles. The summed E-state index contributed by atoms with van der Waals surface area (Å²) in [5, 5.41) is 2.93. The molecule has 2 aromatic carbocycles. The molecule has 8 nitrogen and oxygen atoms in total. The average Bonchev–Trinajstić information content (AvgIpc) is 2.80. The zero-order chi connectivity index (χ0) is 22.5. The van der Waals surface area contributed by atoms with Crippen LogP contribution in [0.1, 0.15) is 11.4 Å². The van der Waals surface area contributed by atoms with Crippen molar-refractivity contribution in [2.24, 2.45) is 0 Å². The molecule has 1 saturated heterocycles. The lowest BCUT2D eigenvalue weighted by molar-refractivity contribution is 0.208. The average molecular weight is 434 g/mol. The highest BCUT2D eigenvalue weighted by molar-refractivity contribution is 5.89. The van der Waals surface area contributed by atoms with E-state index in [0.29, 0.717) is 49.3 Å². The quantitative estimate of drug-likeness (QED) is 0.648. The number of aromatic nitrogens is 2. The molecule has 1 fully saturated rings. The van der Waals surface area contributed by atoms with E-state index in [1.165, 1.54) is 5.56 Å². The van der Waals surface area contributed by atoms with Crippen LogP contribution < -0.4 is 19.7 Å². The van der Waals surface area contributed by atoms with Crippen molar-refractivity contribution in [2.75, 3.05) is 43.5 Å². The van der Waals surface area contributed by atoms with Crippen molar-refractivity contribution in [1.29, 1.82) is 0 Å². The van der Waals surface area contributed by atoms with Crippen LogP contribution in [0.2, 0.25) is 0 Å². The molecule has 2 heterocycles. The van der Waals surface area contributed by atoms with Crippen molar-refractivity contribution >= 4 is 17.5 Å². The number of nitrogens with one attached hydrogen (secondary N) is 1. The van der Waals surface area contributed by atoms with E-state index < -0.39 is 0 Å². The number of rotatable bonds is 5. The summed E-state index contributed by atoms with van der Waals surface area (Å²) in [6.07, 6.45) is 0. The maximum atomic E-state index is 12.7. The molecule has 0 spiro atoms. The zero-order valence-electron chi connectivity index (χ0n) is 18.5. The normalized spacial score (nSPS) is 13.6. The fourth-order valence-corrected chi connectivity index (χ4v) is 3.51. The van der Waals surface area contributed by atoms with Crippen LogP contribution in [-0.2, 0) is 0 Å². The second-order valence-corrected chi connectivity index (χ2v) is 7.66. The summed E-state index contributed by atoms with van der Waals surface area (Å²) in [4.78, 5) is 25.6. The predicted octanol–water partition coefficient (Wildman–Crippen LogP) is 4.25. The Labute approximate surface area is 187 Å². The highest BCUT2D eigenvalue weighted by atomic mass is 16.5. The molecule has 1 aromatic heterocycles. The number of hydrogen-bond acceptors (Lipinski definition) is 6. The van der Waals surface area contributed by atoms with E-state index in [2.05, 4.69) is 20.2 Å². The number of urea groups is 1. The van der Waals surface area contributed by atoms with Gasteiger partial charge in [-0.15, -0.1) is 0 Å². The van der Waals surface area contributed by atoms with Gasteiger partial charge in [-0.2, -0.15) is 4.98 Å². The largest absolute Gasteiger partial charge is 0.497 e. The lowest BCUT2D eigenvalue weighted by Crippen LogP contribution is -2.50. The van der Waals surface area contributed by atoms with Gasteiger partial charge in [0.15, 0.2) is 0 Å². The van der Waals surface area contributed by atoms with Crippen molar-refractivity contribution in [3.05, 3.63) is 66.0 Å². The van der Waals surface area contributed by atoms with Gasteiger partial charge in [0.2, 0.25) is 5.88 Å². The van der Waals surface area contributed by atoms with Crippen LogP contribution in [0.25, 0.3) is 0 Å². The number of aryl methyl sites for hydroxylation is 2. The summed E-state index contributed by atoms with van der Waals surface area (Å²) in [7, 11) is 1.60. The van der Waals surface area contributed by atoms with Gasteiger partial charge in [-0.05, 0) is 38.1 Å². The van der Waals surface area contributed by atoms with Crippen LogP contribution in [0.15, 0.2) is 54.6 Å². The predicted molar refractivity (Wildman–Crippen MR) is 124 cm³/mol. The second-order valence-electron chi connectivity index (χ2n) is 7.66. The van der Waals surface area contributed by atoms with Gasteiger partial charge in [0, 0.05) is 44.0 Å². The van der Waals surface area contributed by atoms with E-state index in [0.717, 1.165) is 11.6 Å². The van der Waals surface area contributed by atoms with Crippen LogP contribution in [0, 0.1) is 13.8 Å². The molecule has 4 rings (SSSR count). The van der Waals surface area contributed by atoms with Gasteiger partial charge in [-0.3, -0.25) is 0 Å². The first-order valence-electron chi connectivity index (χ1n) is 10.6. The molecular formula is C24H27N5O3. The van der Waals surface area contributed by atoms with Crippen molar-refractivity contribution in [2.45, 2.75) is 13.8 Å². The molecular weight excluding hydrogens is 406 g/mol. The highest BCUT2D eigenvalue weighted by Crippen LogP contribution is 2.24. The van der Waals surface area contributed by atoms with Crippen LogP contribution >= 0.6 is 0 Å². The molecule has 2 amide bonds. The summed E-state index contributed by atoms with van der Waals surface area (Å²) in [6.45, 7) is 6.41. The van der Waals surface area contributed by atoms with Gasteiger partial charge in [0.05, 0.1) is 7.11 Å². The molecule has 8 heteroatoms. The van der Waals surface area contributed by atoms with Gasteiger partial charge in [0.1, 0.15) is 23.1 Å². The number of piperazine rings is 1. The molecule has 32 heavy (non-hydrogen) atoms. The summed E-state index contributed by atoms with van der Waals surface area (Å²) < 4.78 is 11.1. The Bertz CT molecular complexity index is 1080. The number of anilines is 2. The van der Waals surface area contributed by atoms with E-state index in [9.17, 15) is 4.79 Å². The maximum Gasteiger partial charge on any atom is 0.321 e. The SMILES string of the molecule is COc1cccc(NC(=O)N2CCN(c3cc(Oc4ccc(C)cc4)nc(C)n3)CC2)c1. The van der Waals surface area contributed by atoms with Crippen molar-refractivity contribution in [3.63, 3.8) is 0 Å². The Morgan fingerprint density at radius 2 is 1.69 bits per heavy atom. The van der Waals surface area contributed by atoms with Crippen molar-refractivity contribution < 1.29 is 14.3 Å². The van der Waals surface area contributed by atoms with E-state index in [1.54, 1.807) is 18.1 Å². The second kappa shape index (κ2) is 9.55. The van der Waals surface area contributed by atoms with Gasteiger partial charge in [0.25, 0.3) is 0 Å². The minimum atomic E-state index is -0.125. The Morgan fingerprint density at radius 3 is 2.41 bits per heavy atom. The molecule has 166 valence electrons. The molecule has 0 atom stereocenters. The highest BCUT2D eigenvalue weighted by Gasteiger charge is 2.23. The van der Waals surface area contributed by atoms with Crippen LogP contribution in [0.5, 0.6) is 17.4 Å². The smallest absolute Gasteiger partial charge is 0.321 e. The fourth-order valence-electron chi connectivity index (χ4n) is 3.51. The first-order valence-corrected chi connectivity index (χ1v) is 10.6. The third kappa shape index (κ3) is 5.26. The number of nitrogens with zero attached hydrogens (tertiary/aromatic N) is 4. The van der Waals surface area contributed by atoms with Crippen LogP contribution in [-0.4, -0.2) is 54.2 Å². The van der Waals surface area contributed by atoms with E-state index in [-0.39, 0.29) is 6.03 Å². The first-order chi connectivity index (χ1) is 15.5. The Hall–Kier alpha value is -3.81. The number of benzene rings is 2. The number of carbonyl (C=O) groups excluding carboxylic acids is 1. The number of methoxy groups -OCH3 is 1. The van der Waals surface area contributed by atoms with Crippen molar-refractivity contribution in [3.8, 4) is 17.4 Å². The molecule has 1 N–H and O–H groups in total. The van der Waals surface area contributed by atoms with E-state index in [1.807, 2.05) is 62.4 Å². The van der Waals surface area contributed by atoms with Crippen molar-refractivity contribution in [1.82, 2.24) is 14.9 Å². The lowest BCUT2D eigenvalue weighted by atomic mass is 10.2. The van der Waals surface area contributed by atoms with Gasteiger partial charge >= 0.3 is 6.03 Å². The van der Waals surface area contributed by atoms with Crippen LogP contribution in [0.4, 0.5) is 16.3 Å². The number of hydrogen-bond donors (Lipinski definition) is 1. The summed E-state index contributed by atoms with van der Waals surface area (Å²) in [5.74, 6) is 3.39. The maximum absolute atomic E-state index is 12.7. The van der Waals surface area contributed by atoms with Gasteiger partial charge in [-0.1, -0.05) is 23.8 Å². The number of carbonyl (C=O) groups is 1. The molecule has 3 aromatic rings. The summed E-state index contributed by atoms with van der Waals surface area (Å²) >= 11 is 0. The standard InChI is InChI=1S/C24H27N5O3/c1-17-7-9-20(10-8-17)32-23-16-22(25-18(2)26-23)28-11-13-29(14-12-28)24(30)27-19-5-4-6-21(15-19)31-3/h4-10,15-16H,11-14H2,1-3H3,(H,27,30). The zero-order valence-corrected chi connectivity index (χ0v) is 18.5. The lowest BCUT2D eigenvalue weighted by Gasteiger charge is -2.35. The molecule has 1 aliphatic rings. The van der Waals surface area contributed by atoms with E-state index in [4.69, 9.17) is 9.47 Å². The van der Waals surface area contributed by atoms with Crippen LogP contribution in [0.3, 0.4) is 0 Å². The summed E-state index contributed by atoms with van der Waals surface area (Å²) in [5.41, 5.74) is 1.88. The molecule has 1 aliphatic heterocycles. The Kier molecular flexibility index (Phi) is 6.39. The fraction of sp³-hybridized carbons (Fsp3) is 0.292. The van der Waals surface area contributed by atoms with Gasteiger partial charge in [-0.25, -0.2) is 9.78 Å². The summed E-state index contributed by atoms with van der Waals surface area (Å²) in [6, 6.07) is 16.9. The molecule has 0 bridgehead atoms. The Balaban J connectivity index is 1.37. The minimum absolute atomic E-state index is 0.125. The monoisotopic (exact) mass is 433 g/mol. The third-order valence-electron chi connectivity index (χ3n) is 5.26. The molecule has 0 radical (unpaired) electrons. The first kappa shape index (κ1) is 21.4. The Morgan fingerprint density at radius 1 is 0.938 bits per heavy atom. The topological polar surface area (TPSA) is 79.8 Å².